The number of esters is 1. The Morgan fingerprint density at radius 3 is 2.11 bits per heavy atom. The molecule has 0 aliphatic carbocycles. The summed E-state index contributed by atoms with van der Waals surface area (Å²) in [7, 11) is 0. The molecule has 0 heterocycles. The topological polar surface area (TPSA) is 158 Å². The van der Waals surface area contributed by atoms with Crippen LogP contribution in [-0.4, -0.2) is 63.4 Å². The maximum Gasteiger partial charge on any atom is 0.335 e. The molecule has 0 radical (unpaired) electrons. The Kier molecular flexibility index (Phi) is 6.53. The Balaban J connectivity index is 4.51. The Morgan fingerprint density at radius 1 is 1.17 bits per heavy atom. The van der Waals surface area contributed by atoms with Gasteiger partial charge in [-0.15, -0.1) is 0 Å². The van der Waals surface area contributed by atoms with Crippen molar-refractivity contribution in [2.75, 3.05) is 6.61 Å². The van der Waals surface area contributed by atoms with Crippen LogP contribution >= 0.6 is 0 Å². The highest BCUT2D eigenvalue weighted by Crippen LogP contribution is 2.11. The zero-order valence-corrected chi connectivity index (χ0v) is 9.05. The molecule has 0 aliphatic rings. The van der Waals surface area contributed by atoms with Crippen molar-refractivity contribution >= 4 is 24.2 Å². The van der Waals surface area contributed by atoms with Gasteiger partial charge >= 0.3 is 17.9 Å². The number of aldehydes is 1. The summed E-state index contributed by atoms with van der Waals surface area (Å²) in [5, 5.41) is 35.1. The quantitative estimate of drug-likeness (QED) is 0.277. The maximum atomic E-state index is 11.1. The number of hydrogen-bond acceptors (Lipinski definition) is 7. The third-order valence-electron chi connectivity index (χ3n) is 1.89. The second-order valence-corrected chi connectivity index (χ2v) is 3.32. The fourth-order valence-corrected chi connectivity index (χ4v) is 0.979. The van der Waals surface area contributed by atoms with Crippen molar-refractivity contribution in [2.24, 2.45) is 5.92 Å². The molecule has 0 saturated heterocycles. The van der Waals surface area contributed by atoms with Crippen LogP contribution in [-0.2, 0) is 23.9 Å². The zero-order chi connectivity index (χ0) is 14.3. The molecule has 3 unspecified atom stereocenters. The molecule has 4 N–H and O–H groups in total. The van der Waals surface area contributed by atoms with Crippen LogP contribution in [0.15, 0.2) is 0 Å². The van der Waals surface area contributed by atoms with Gasteiger partial charge in [-0.1, -0.05) is 0 Å². The molecule has 0 bridgehead atoms. The number of aliphatic hydroxyl groups is 2. The number of carboxylic acid groups (broad SMARTS) is 2. The average Bonchev–Trinajstić information content (AvgIpc) is 2.30. The number of aliphatic carboxylic acids is 2. The van der Waals surface area contributed by atoms with Gasteiger partial charge in [0.2, 0.25) is 0 Å². The van der Waals surface area contributed by atoms with Gasteiger partial charge in [0.1, 0.15) is 18.6 Å². The first-order valence-corrected chi connectivity index (χ1v) is 4.72. The fraction of sp³-hybridized carbons (Fsp3) is 0.556. The van der Waals surface area contributed by atoms with Crippen LogP contribution in [0.25, 0.3) is 0 Å². The van der Waals surface area contributed by atoms with Gasteiger partial charge in [-0.3, -0.25) is 9.59 Å². The third-order valence-corrected chi connectivity index (χ3v) is 1.89. The minimum Gasteiger partial charge on any atom is -0.481 e. The van der Waals surface area contributed by atoms with E-state index in [1.807, 2.05) is 0 Å². The first kappa shape index (κ1) is 16.0. The number of ether oxygens (including phenoxy) is 1. The van der Waals surface area contributed by atoms with Crippen molar-refractivity contribution in [1.82, 2.24) is 0 Å². The van der Waals surface area contributed by atoms with Crippen LogP contribution in [0.1, 0.15) is 6.42 Å². The van der Waals surface area contributed by atoms with Crippen molar-refractivity contribution in [2.45, 2.75) is 18.6 Å². The highest BCUT2D eigenvalue weighted by Gasteiger charge is 2.35. The minimum atomic E-state index is -2.20. The molecule has 0 amide bonds. The lowest BCUT2D eigenvalue weighted by Gasteiger charge is -2.16. The van der Waals surface area contributed by atoms with Gasteiger partial charge < -0.3 is 30.0 Å². The smallest absolute Gasteiger partial charge is 0.335 e. The van der Waals surface area contributed by atoms with Gasteiger partial charge in [0, 0.05) is 0 Å². The summed E-state index contributed by atoms with van der Waals surface area (Å²) in [5.74, 6) is -6.49. The van der Waals surface area contributed by atoms with E-state index >= 15 is 0 Å². The Labute approximate surface area is 101 Å². The summed E-state index contributed by atoms with van der Waals surface area (Å²) in [5.41, 5.74) is 0. The molecule has 0 aromatic heterocycles. The van der Waals surface area contributed by atoms with Crippen LogP contribution in [0.4, 0.5) is 0 Å². The Hall–Kier alpha value is -2.00. The first-order chi connectivity index (χ1) is 8.29. The van der Waals surface area contributed by atoms with E-state index in [1.54, 1.807) is 0 Å². The molecule has 0 aromatic rings. The van der Waals surface area contributed by atoms with E-state index in [0.717, 1.165) is 0 Å². The van der Waals surface area contributed by atoms with Crippen molar-refractivity contribution in [3.8, 4) is 0 Å². The number of hydrogen-bond donors (Lipinski definition) is 4. The van der Waals surface area contributed by atoms with E-state index in [4.69, 9.17) is 15.3 Å². The summed E-state index contributed by atoms with van der Waals surface area (Å²) >= 11 is 0. The molecule has 0 aliphatic heterocycles. The van der Waals surface area contributed by atoms with Gasteiger partial charge in [-0.2, -0.15) is 0 Å². The Morgan fingerprint density at radius 2 is 1.72 bits per heavy atom. The molecule has 9 heteroatoms. The van der Waals surface area contributed by atoms with Crippen LogP contribution in [0.3, 0.4) is 0 Å². The van der Waals surface area contributed by atoms with Crippen LogP contribution in [0.5, 0.6) is 0 Å². The Bertz CT molecular complexity index is 337. The zero-order valence-electron chi connectivity index (χ0n) is 9.05. The number of carboxylic acids is 2. The highest BCUT2D eigenvalue weighted by atomic mass is 16.6. The summed E-state index contributed by atoms with van der Waals surface area (Å²) in [6.07, 6.45) is -4.69. The predicted octanol–water partition coefficient (Wildman–Crippen LogP) is -2.37. The summed E-state index contributed by atoms with van der Waals surface area (Å²) in [6.45, 7) is -0.751. The maximum absolute atomic E-state index is 11.1. The van der Waals surface area contributed by atoms with E-state index < -0.39 is 49.1 Å². The second-order valence-electron chi connectivity index (χ2n) is 3.32. The van der Waals surface area contributed by atoms with Crippen molar-refractivity contribution in [1.29, 1.82) is 0 Å². The normalized spacial score (nSPS) is 15.2. The molecule has 0 spiro atoms. The van der Waals surface area contributed by atoms with Crippen LogP contribution < -0.4 is 0 Å². The molecule has 0 saturated carbocycles. The largest absolute Gasteiger partial charge is 0.481 e. The molecule has 9 nitrogen and oxygen atoms in total. The van der Waals surface area contributed by atoms with E-state index in [0.29, 0.717) is 0 Å². The molecule has 3 atom stereocenters. The molecule has 102 valence electrons. The van der Waals surface area contributed by atoms with Crippen molar-refractivity contribution in [3.05, 3.63) is 0 Å². The van der Waals surface area contributed by atoms with E-state index in [1.165, 1.54) is 0 Å². The number of aliphatic hydroxyl groups excluding tert-OH is 2. The number of carbonyl (C=O) groups is 4. The summed E-state index contributed by atoms with van der Waals surface area (Å²) in [4.78, 5) is 42.1. The van der Waals surface area contributed by atoms with Gasteiger partial charge in [0.15, 0.2) is 12.4 Å². The van der Waals surface area contributed by atoms with Crippen LogP contribution in [0, 0.1) is 5.92 Å². The van der Waals surface area contributed by atoms with E-state index in [-0.39, 0.29) is 6.29 Å². The molecular formula is C9H12O9. The van der Waals surface area contributed by atoms with Gasteiger partial charge in [-0.25, -0.2) is 4.79 Å². The fourth-order valence-electron chi connectivity index (χ4n) is 0.979. The lowest BCUT2D eigenvalue weighted by Crippen LogP contribution is -2.38. The number of carbonyl (C=O) groups excluding carboxylic acids is 2. The van der Waals surface area contributed by atoms with Crippen LogP contribution in [0.2, 0.25) is 0 Å². The molecule has 0 fully saturated rings. The van der Waals surface area contributed by atoms with Crippen molar-refractivity contribution in [3.63, 3.8) is 0 Å². The minimum absolute atomic E-state index is 0.0750. The SMILES string of the molecule is O=CC(O)COC(=O)C(O)C(CC(=O)O)C(=O)O. The van der Waals surface area contributed by atoms with Gasteiger partial charge in [0.25, 0.3) is 0 Å². The molecular weight excluding hydrogens is 252 g/mol. The predicted molar refractivity (Wildman–Crippen MR) is 52.4 cm³/mol. The standard InChI is InChI=1S/C9H12O9/c10-2-4(11)3-18-9(17)7(14)5(8(15)16)1-6(12)13/h2,4-5,7,11,14H,1,3H2,(H,12,13)(H,15,16). The third kappa shape index (κ3) is 5.37. The van der Waals surface area contributed by atoms with Gasteiger partial charge in [0.05, 0.1) is 6.42 Å². The molecule has 18 heavy (non-hydrogen) atoms. The highest BCUT2D eigenvalue weighted by molar-refractivity contribution is 5.86. The molecule has 0 aromatic carbocycles. The summed E-state index contributed by atoms with van der Waals surface area (Å²) < 4.78 is 4.24. The first-order valence-electron chi connectivity index (χ1n) is 4.72. The lowest BCUT2D eigenvalue weighted by molar-refractivity contribution is -0.168. The van der Waals surface area contributed by atoms with Crippen molar-refractivity contribution < 1.29 is 44.3 Å². The average molecular weight is 264 g/mol. The van der Waals surface area contributed by atoms with Gasteiger partial charge in [-0.05, 0) is 0 Å². The second kappa shape index (κ2) is 7.35. The van der Waals surface area contributed by atoms with E-state index in [2.05, 4.69) is 4.74 Å². The lowest BCUT2D eigenvalue weighted by atomic mass is 9.99. The number of rotatable bonds is 8. The monoisotopic (exact) mass is 264 g/mol. The molecule has 0 rings (SSSR count). The van der Waals surface area contributed by atoms with E-state index in [9.17, 15) is 24.3 Å². The summed E-state index contributed by atoms with van der Waals surface area (Å²) in [6, 6.07) is 0.